The topological polar surface area (TPSA) is 49.4 Å². The third-order valence-electron chi connectivity index (χ3n) is 4.61. The van der Waals surface area contributed by atoms with Gasteiger partial charge < -0.3 is 10.2 Å². The van der Waals surface area contributed by atoms with E-state index in [1.165, 1.54) is 0 Å². The van der Waals surface area contributed by atoms with E-state index in [2.05, 4.69) is 5.32 Å². The Morgan fingerprint density at radius 1 is 1.17 bits per heavy atom. The van der Waals surface area contributed by atoms with Gasteiger partial charge in [0.15, 0.2) is 0 Å². The third kappa shape index (κ3) is 3.99. The second-order valence-corrected chi connectivity index (χ2v) is 7.86. The molecule has 1 aromatic carbocycles. The SMILES string of the molecule is O=C(NCc1ccccc1)C1CCN(C(=O)C2CC2(Cl)Cl)CC1. The predicted octanol–water partition coefficient (Wildman–Crippen LogP) is 2.74. The smallest absolute Gasteiger partial charge is 0.228 e. The van der Waals surface area contributed by atoms with E-state index in [9.17, 15) is 9.59 Å². The van der Waals surface area contributed by atoms with Gasteiger partial charge in [-0.25, -0.2) is 0 Å². The highest BCUT2D eigenvalue weighted by Gasteiger charge is 2.57. The molecule has 0 aromatic heterocycles. The van der Waals surface area contributed by atoms with Gasteiger partial charge in [-0.05, 0) is 24.8 Å². The highest BCUT2D eigenvalue weighted by molar-refractivity contribution is 6.52. The van der Waals surface area contributed by atoms with E-state index in [0.717, 1.165) is 5.56 Å². The molecule has 1 N–H and O–H groups in total. The highest BCUT2D eigenvalue weighted by Crippen LogP contribution is 2.54. The number of rotatable bonds is 4. The molecule has 1 aromatic rings. The van der Waals surface area contributed by atoms with E-state index in [1.807, 2.05) is 30.3 Å². The first kappa shape index (κ1) is 16.6. The molecular weight excluding hydrogens is 335 g/mol. The van der Waals surface area contributed by atoms with Crippen LogP contribution in [0.5, 0.6) is 0 Å². The maximum atomic E-state index is 12.2. The number of hydrogen-bond acceptors (Lipinski definition) is 2. The van der Waals surface area contributed by atoms with Gasteiger partial charge >= 0.3 is 0 Å². The molecule has 6 heteroatoms. The third-order valence-corrected chi connectivity index (χ3v) is 5.45. The molecule has 2 fully saturated rings. The number of carbonyl (C=O) groups is 2. The lowest BCUT2D eigenvalue weighted by Crippen LogP contribution is -2.43. The average molecular weight is 355 g/mol. The minimum absolute atomic E-state index is 0.0261. The van der Waals surface area contributed by atoms with Crippen molar-refractivity contribution in [2.24, 2.45) is 11.8 Å². The maximum Gasteiger partial charge on any atom is 0.228 e. The summed E-state index contributed by atoms with van der Waals surface area (Å²) in [5, 5.41) is 2.98. The summed E-state index contributed by atoms with van der Waals surface area (Å²) in [4.78, 5) is 26.3. The first-order valence-electron chi connectivity index (χ1n) is 7.95. The number of benzene rings is 1. The molecular formula is C17H20Cl2N2O2. The lowest BCUT2D eigenvalue weighted by atomic mass is 9.95. The second-order valence-electron chi connectivity index (χ2n) is 6.32. The van der Waals surface area contributed by atoms with Crippen molar-refractivity contribution >= 4 is 35.0 Å². The number of hydrogen-bond donors (Lipinski definition) is 1. The Bertz CT molecular complexity index is 584. The molecule has 1 unspecified atom stereocenters. The molecule has 1 saturated heterocycles. The number of amides is 2. The molecule has 1 saturated carbocycles. The second kappa shape index (κ2) is 6.70. The van der Waals surface area contributed by atoms with Crippen molar-refractivity contribution < 1.29 is 9.59 Å². The van der Waals surface area contributed by atoms with Crippen LogP contribution in [0.1, 0.15) is 24.8 Å². The van der Waals surface area contributed by atoms with Crippen molar-refractivity contribution in [2.45, 2.75) is 30.1 Å². The van der Waals surface area contributed by atoms with Crippen LogP contribution in [0.2, 0.25) is 0 Å². The maximum absolute atomic E-state index is 12.2. The minimum atomic E-state index is -0.874. The van der Waals surface area contributed by atoms with Crippen LogP contribution in [-0.4, -0.2) is 34.1 Å². The van der Waals surface area contributed by atoms with Gasteiger partial charge in [-0.3, -0.25) is 9.59 Å². The van der Waals surface area contributed by atoms with Crippen LogP contribution >= 0.6 is 23.2 Å². The van der Waals surface area contributed by atoms with E-state index >= 15 is 0 Å². The number of likely N-dealkylation sites (tertiary alicyclic amines) is 1. The molecule has 2 amide bonds. The first-order chi connectivity index (χ1) is 11.0. The number of alkyl halides is 2. The van der Waals surface area contributed by atoms with Crippen molar-refractivity contribution in [3.63, 3.8) is 0 Å². The fourth-order valence-corrected chi connectivity index (χ4v) is 3.49. The Morgan fingerprint density at radius 2 is 1.78 bits per heavy atom. The van der Waals surface area contributed by atoms with E-state index < -0.39 is 4.33 Å². The normalized spacial score (nSPS) is 23.4. The van der Waals surface area contributed by atoms with Gasteiger partial charge in [0, 0.05) is 25.6 Å². The molecule has 0 spiro atoms. The highest BCUT2D eigenvalue weighted by atomic mass is 35.5. The van der Waals surface area contributed by atoms with Gasteiger partial charge in [-0.2, -0.15) is 0 Å². The zero-order valence-electron chi connectivity index (χ0n) is 12.8. The zero-order chi connectivity index (χ0) is 16.4. The number of carbonyl (C=O) groups excluding carboxylic acids is 2. The molecule has 23 heavy (non-hydrogen) atoms. The van der Waals surface area contributed by atoms with Crippen molar-refractivity contribution in [1.29, 1.82) is 0 Å². The largest absolute Gasteiger partial charge is 0.352 e. The fraction of sp³-hybridized carbons (Fsp3) is 0.529. The first-order valence-corrected chi connectivity index (χ1v) is 8.71. The molecule has 1 heterocycles. The Balaban J connectivity index is 1.43. The summed E-state index contributed by atoms with van der Waals surface area (Å²) < 4.78 is -0.874. The summed E-state index contributed by atoms with van der Waals surface area (Å²) in [6.07, 6.45) is 1.92. The van der Waals surface area contributed by atoms with Crippen LogP contribution in [0.15, 0.2) is 30.3 Å². The molecule has 4 nitrogen and oxygen atoms in total. The molecule has 124 valence electrons. The quantitative estimate of drug-likeness (QED) is 0.845. The standard InChI is InChI=1S/C17H20Cl2N2O2/c18-17(19)10-14(17)16(23)21-8-6-13(7-9-21)15(22)20-11-12-4-2-1-3-5-12/h1-5,13-14H,6-11H2,(H,20,22). The van der Waals surface area contributed by atoms with Gasteiger partial charge in [-0.1, -0.05) is 30.3 Å². The molecule has 0 bridgehead atoms. The Morgan fingerprint density at radius 3 is 2.35 bits per heavy atom. The monoisotopic (exact) mass is 354 g/mol. The number of halogens is 2. The number of piperidine rings is 1. The Labute approximate surface area is 146 Å². The zero-order valence-corrected chi connectivity index (χ0v) is 14.3. The summed E-state index contributed by atoms with van der Waals surface area (Å²) in [6, 6.07) is 9.84. The summed E-state index contributed by atoms with van der Waals surface area (Å²) in [6.45, 7) is 1.74. The van der Waals surface area contributed by atoms with Gasteiger partial charge in [0.05, 0.1) is 5.92 Å². The van der Waals surface area contributed by atoms with Crippen molar-refractivity contribution in [1.82, 2.24) is 10.2 Å². The molecule has 1 aliphatic carbocycles. The van der Waals surface area contributed by atoms with Crippen LogP contribution in [0.25, 0.3) is 0 Å². The summed E-state index contributed by atoms with van der Waals surface area (Å²) in [5.74, 6) is -0.206. The predicted molar refractivity (Wildman–Crippen MR) is 90.1 cm³/mol. The lowest BCUT2D eigenvalue weighted by Gasteiger charge is -2.31. The number of nitrogens with one attached hydrogen (secondary N) is 1. The van der Waals surface area contributed by atoms with Crippen molar-refractivity contribution in [2.75, 3.05) is 13.1 Å². The van der Waals surface area contributed by atoms with Gasteiger partial charge in [0.1, 0.15) is 4.33 Å². The summed E-state index contributed by atoms with van der Waals surface area (Å²) >= 11 is 11.9. The van der Waals surface area contributed by atoms with E-state index in [1.54, 1.807) is 4.90 Å². The Hall–Kier alpha value is -1.26. The molecule has 3 rings (SSSR count). The Kier molecular flexibility index (Phi) is 4.83. The van der Waals surface area contributed by atoms with Crippen molar-refractivity contribution in [3.8, 4) is 0 Å². The van der Waals surface area contributed by atoms with E-state index in [-0.39, 0.29) is 23.7 Å². The lowest BCUT2D eigenvalue weighted by molar-refractivity contribution is -0.136. The molecule has 0 radical (unpaired) electrons. The van der Waals surface area contributed by atoms with E-state index in [0.29, 0.717) is 38.9 Å². The van der Waals surface area contributed by atoms with Crippen LogP contribution < -0.4 is 5.32 Å². The molecule has 1 atom stereocenters. The number of nitrogens with zero attached hydrogens (tertiary/aromatic N) is 1. The fourth-order valence-electron chi connectivity index (χ4n) is 2.99. The van der Waals surface area contributed by atoms with Gasteiger partial charge in [0.25, 0.3) is 0 Å². The summed E-state index contributed by atoms with van der Waals surface area (Å²) in [5.41, 5.74) is 1.09. The van der Waals surface area contributed by atoms with Crippen LogP contribution in [-0.2, 0) is 16.1 Å². The molecule has 2 aliphatic rings. The van der Waals surface area contributed by atoms with Gasteiger partial charge in [-0.15, -0.1) is 23.2 Å². The van der Waals surface area contributed by atoms with Crippen LogP contribution in [0, 0.1) is 11.8 Å². The summed E-state index contributed by atoms with van der Waals surface area (Å²) in [7, 11) is 0. The van der Waals surface area contributed by atoms with Crippen LogP contribution in [0.4, 0.5) is 0 Å². The minimum Gasteiger partial charge on any atom is -0.352 e. The van der Waals surface area contributed by atoms with E-state index in [4.69, 9.17) is 23.2 Å². The average Bonchev–Trinajstić information content (AvgIpc) is 3.21. The van der Waals surface area contributed by atoms with Crippen molar-refractivity contribution in [3.05, 3.63) is 35.9 Å². The molecule has 1 aliphatic heterocycles. The van der Waals surface area contributed by atoms with Crippen LogP contribution in [0.3, 0.4) is 0 Å². The van der Waals surface area contributed by atoms with Gasteiger partial charge in [0.2, 0.25) is 11.8 Å².